The van der Waals surface area contributed by atoms with Crippen molar-refractivity contribution < 1.29 is 28.8 Å². The van der Waals surface area contributed by atoms with E-state index in [1.807, 2.05) is 13.8 Å². The summed E-state index contributed by atoms with van der Waals surface area (Å²) in [5, 5.41) is 10.7. The van der Waals surface area contributed by atoms with Gasteiger partial charge in [-0.05, 0) is 86.6 Å². The van der Waals surface area contributed by atoms with Crippen LogP contribution in [0.4, 0.5) is 5.69 Å². The molecule has 180 valence electrons. The first kappa shape index (κ1) is 24.9. The molecule has 3 rings (SSSR count). The van der Waals surface area contributed by atoms with Gasteiger partial charge in [-0.15, -0.1) is 0 Å². The van der Waals surface area contributed by atoms with E-state index in [9.17, 15) is 9.90 Å². The van der Waals surface area contributed by atoms with E-state index in [0.29, 0.717) is 34.2 Å². The minimum Gasteiger partial charge on any atom is -0.497 e. The fourth-order valence-corrected chi connectivity index (χ4v) is 3.30. The molecule has 3 aromatic rings. The standard InChI is InChI=1S/C27H31NO6/c1-19(2)34-26-9-5-20(6-10-26)27(30)28(21-7-11-23(31-3)12-8-21)17-22(29)18-33-25-15-13-24(32-4)14-16-25/h5-16,19,22,29H,17-18H2,1-4H3. The molecule has 1 atom stereocenters. The maximum Gasteiger partial charge on any atom is 0.258 e. The molecule has 0 aliphatic heterocycles. The van der Waals surface area contributed by atoms with E-state index in [-0.39, 0.29) is 25.2 Å². The lowest BCUT2D eigenvalue weighted by atomic mass is 10.1. The summed E-state index contributed by atoms with van der Waals surface area (Å²) in [7, 11) is 3.17. The van der Waals surface area contributed by atoms with Gasteiger partial charge in [-0.2, -0.15) is 0 Å². The average Bonchev–Trinajstić information content (AvgIpc) is 2.86. The molecule has 0 bridgehead atoms. The van der Waals surface area contributed by atoms with Crippen LogP contribution in [0.25, 0.3) is 0 Å². The van der Waals surface area contributed by atoms with E-state index in [2.05, 4.69) is 0 Å². The smallest absolute Gasteiger partial charge is 0.258 e. The third-order valence-electron chi connectivity index (χ3n) is 5.00. The summed E-state index contributed by atoms with van der Waals surface area (Å²) in [6.45, 7) is 3.96. The van der Waals surface area contributed by atoms with E-state index >= 15 is 0 Å². The Hall–Kier alpha value is -3.71. The summed E-state index contributed by atoms with van der Waals surface area (Å²) < 4.78 is 21.7. The zero-order valence-corrected chi connectivity index (χ0v) is 19.9. The first-order valence-electron chi connectivity index (χ1n) is 11.1. The Balaban J connectivity index is 1.74. The van der Waals surface area contributed by atoms with Gasteiger partial charge in [0.2, 0.25) is 0 Å². The second-order valence-electron chi connectivity index (χ2n) is 7.95. The van der Waals surface area contributed by atoms with Crippen LogP contribution in [0.15, 0.2) is 72.8 Å². The second-order valence-corrected chi connectivity index (χ2v) is 7.95. The average molecular weight is 466 g/mol. The van der Waals surface area contributed by atoms with Crippen molar-refractivity contribution >= 4 is 11.6 Å². The van der Waals surface area contributed by atoms with Crippen molar-refractivity contribution in [2.75, 3.05) is 32.3 Å². The lowest BCUT2D eigenvalue weighted by Crippen LogP contribution is -2.40. The molecule has 0 radical (unpaired) electrons. The van der Waals surface area contributed by atoms with Gasteiger partial charge in [0.15, 0.2) is 0 Å². The molecule has 0 aliphatic rings. The fourth-order valence-electron chi connectivity index (χ4n) is 3.30. The van der Waals surface area contributed by atoms with Crippen molar-refractivity contribution in [2.45, 2.75) is 26.1 Å². The van der Waals surface area contributed by atoms with Crippen LogP contribution < -0.4 is 23.8 Å². The number of aliphatic hydroxyl groups is 1. The highest BCUT2D eigenvalue weighted by Gasteiger charge is 2.22. The number of methoxy groups -OCH3 is 2. The molecular weight excluding hydrogens is 434 g/mol. The lowest BCUT2D eigenvalue weighted by molar-refractivity contribution is 0.0906. The Bertz CT molecular complexity index is 1030. The second kappa shape index (κ2) is 12.0. The third-order valence-corrected chi connectivity index (χ3v) is 5.00. The van der Waals surface area contributed by atoms with Crippen LogP contribution in [0, 0.1) is 0 Å². The Morgan fingerprint density at radius 3 is 1.82 bits per heavy atom. The molecule has 0 saturated carbocycles. The number of aliphatic hydroxyl groups excluding tert-OH is 1. The van der Waals surface area contributed by atoms with Gasteiger partial charge in [0.05, 0.1) is 26.9 Å². The highest BCUT2D eigenvalue weighted by molar-refractivity contribution is 6.06. The molecule has 0 spiro atoms. The van der Waals surface area contributed by atoms with Crippen molar-refractivity contribution in [3.63, 3.8) is 0 Å². The molecule has 7 heteroatoms. The van der Waals surface area contributed by atoms with Gasteiger partial charge >= 0.3 is 0 Å². The Labute approximate surface area is 200 Å². The first-order chi connectivity index (χ1) is 16.4. The number of nitrogens with zero attached hydrogens (tertiary/aromatic N) is 1. The van der Waals surface area contributed by atoms with E-state index < -0.39 is 6.10 Å². The first-order valence-corrected chi connectivity index (χ1v) is 11.1. The topological polar surface area (TPSA) is 77.5 Å². The SMILES string of the molecule is COc1ccc(OCC(O)CN(C(=O)c2ccc(OC(C)C)cc2)c2ccc(OC)cc2)cc1. The maximum atomic E-state index is 13.4. The minimum absolute atomic E-state index is 0.0213. The molecule has 0 saturated heterocycles. The Kier molecular flexibility index (Phi) is 8.76. The number of anilines is 1. The number of hydrogen-bond donors (Lipinski definition) is 1. The normalized spacial score (nSPS) is 11.6. The Morgan fingerprint density at radius 1 is 0.794 bits per heavy atom. The number of benzene rings is 3. The molecule has 1 unspecified atom stereocenters. The van der Waals surface area contributed by atoms with Gasteiger partial charge in [0, 0.05) is 11.3 Å². The number of carbonyl (C=O) groups is 1. The highest BCUT2D eigenvalue weighted by atomic mass is 16.5. The minimum atomic E-state index is -0.920. The predicted octanol–water partition coefficient (Wildman–Crippen LogP) is 4.58. The van der Waals surface area contributed by atoms with Gasteiger partial charge in [0.25, 0.3) is 5.91 Å². The molecule has 0 aromatic heterocycles. The van der Waals surface area contributed by atoms with Crippen molar-refractivity contribution in [3.05, 3.63) is 78.4 Å². The summed E-state index contributed by atoms with van der Waals surface area (Å²) in [6.07, 6.45) is -0.880. The van der Waals surface area contributed by atoms with Crippen LogP contribution in [0.1, 0.15) is 24.2 Å². The Morgan fingerprint density at radius 2 is 1.29 bits per heavy atom. The zero-order valence-electron chi connectivity index (χ0n) is 19.9. The number of carbonyl (C=O) groups excluding carboxylic acids is 1. The molecule has 7 nitrogen and oxygen atoms in total. The number of hydrogen-bond acceptors (Lipinski definition) is 6. The van der Waals surface area contributed by atoms with Crippen LogP contribution in [-0.4, -0.2) is 50.6 Å². The van der Waals surface area contributed by atoms with Crippen molar-refractivity contribution in [1.29, 1.82) is 0 Å². The van der Waals surface area contributed by atoms with E-state index in [4.69, 9.17) is 18.9 Å². The van der Waals surface area contributed by atoms with Gasteiger partial charge in [-0.1, -0.05) is 0 Å². The fraction of sp³-hybridized carbons (Fsp3) is 0.296. The molecule has 0 heterocycles. The quantitative estimate of drug-likeness (QED) is 0.447. The molecule has 0 fully saturated rings. The summed E-state index contributed by atoms with van der Waals surface area (Å²) in [5.41, 5.74) is 1.12. The largest absolute Gasteiger partial charge is 0.497 e. The van der Waals surface area contributed by atoms with Gasteiger partial charge in [0.1, 0.15) is 35.7 Å². The van der Waals surface area contributed by atoms with E-state index in [1.54, 1.807) is 87.0 Å². The van der Waals surface area contributed by atoms with Gasteiger partial charge in [-0.25, -0.2) is 0 Å². The van der Waals surface area contributed by atoms with Gasteiger partial charge in [-0.3, -0.25) is 4.79 Å². The zero-order chi connectivity index (χ0) is 24.5. The van der Waals surface area contributed by atoms with Crippen molar-refractivity contribution in [2.24, 2.45) is 0 Å². The summed E-state index contributed by atoms with van der Waals surface area (Å²) in [5.74, 6) is 2.44. The molecule has 0 aliphatic carbocycles. The van der Waals surface area contributed by atoms with E-state index in [0.717, 1.165) is 0 Å². The van der Waals surface area contributed by atoms with Crippen molar-refractivity contribution in [3.8, 4) is 23.0 Å². The third kappa shape index (κ3) is 6.89. The molecule has 3 aromatic carbocycles. The van der Waals surface area contributed by atoms with Crippen LogP contribution in [0.5, 0.6) is 23.0 Å². The highest BCUT2D eigenvalue weighted by Crippen LogP contribution is 2.23. The predicted molar refractivity (Wildman–Crippen MR) is 131 cm³/mol. The van der Waals surface area contributed by atoms with Crippen LogP contribution in [0.3, 0.4) is 0 Å². The molecule has 1 N–H and O–H groups in total. The summed E-state index contributed by atoms with van der Waals surface area (Å²) in [4.78, 5) is 14.9. The van der Waals surface area contributed by atoms with Gasteiger partial charge < -0.3 is 29.0 Å². The number of ether oxygens (including phenoxy) is 4. The van der Waals surface area contributed by atoms with Crippen molar-refractivity contribution in [1.82, 2.24) is 0 Å². The maximum absolute atomic E-state index is 13.4. The summed E-state index contributed by atoms with van der Waals surface area (Å²) >= 11 is 0. The van der Waals surface area contributed by atoms with Crippen LogP contribution in [0.2, 0.25) is 0 Å². The monoisotopic (exact) mass is 465 g/mol. The summed E-state index contributed by atoms with van der Waals surface area (Å²) in [6, 6.07) is 21.2. The number of amides is 1. The molecular formula is C27H31NO6. The van der Waals surface area contributed by atoms with E-state index in [1.165, 1.54) is 4.90 Å². The lowest BCUT2D eigenvalue weighted by Gasteiger charge is -2.26. The molecule has 1 amide bonds. The molecule has 34 heavy (non-hydrogen) atoms. The number of rotatable bonds is 11. The van der Waals surface area contributed by atoms with Crippen LogP contribution >= 0.6 is 0 Å². The van der Waals surface area contributed by atoms with Crippen LogP contribution in [-0.2, 0) is 0 Å².